The Kier molecular flexibility index (Phi) is 7.02. The molecular weight excluding hydrogens is 376 g/mol. The summed E-state index contributed by atoms with van der Waals surface area (Å²) in [5, 5.41) is 11.1. The van der Waals surface area contributed by atoms with Gasteiger partial charge in [0.05, 0.1) is 0 Å². The summed E-state index contributed by atoms with van der Waals surface area (Å²) in [7, 11) is 0. The third kappa shape index (κ3) is 5.57. The lowest BCUT2D eigenvalue weighted by atomic mass is 9.84. The number of rotatable bonds is 9. The van der Waals surface area contributed by atoms with E-state index in [0.29, 0.717) is 17.9 Å². The van der Waals surface area contributed by atoms with E-state index in [9.17, 15) is 14.7 Å². The van der Waals surface area contributed by atoms with E-state index >= 15 is 0 Å². The van der Waals surface area contributed by atoms with Crippen molar-refractivity contribution in [3.05, 3.63) is 101 Å². The highest BCUT2D eigenvalue weighted by atomic mass is 16.5. The second-order valence-electron chi connectivity index (χ2n) is 7.49. The number of ether oxygens (including phenoxy) is 1. The number of hydrogen-bond donors (Lipinski definition) is 0. The first-order valence-electron chi connectivity index (χ1n) is 10.0. The van der Waals surface area contributed by atoms with Crippen molar-refractivity contribution >= 4 is 11.8 Å². The molecule has 1 atom stereocenters. The fourth-order valence-electron chi connectivity index (χ4n) is 3.51. The second kappa shape index (κ2) is 9.88. The molecule has 0 aliphatic carbocycles. The molecule has 0 aliphatic rings. The minimum absolute atomic E-state index is 0.116. The van der Waals surface area contributed by atoms with Gasteiger partial charge in [-0.3, -0.25) is 4.79 Å². The van der Waals surface area contributed by atoms with E-state index in [1.807, 2.05) is 68.4 Å². The van der Waals surface area contributed by atoms with Crippen LogP contribution >= 0.6 is 0 Å². The molecule has 0 bridgehead atoms. The minimum atomic E-state index is -1.15. The van der Waals surface area contributed by atoms with E-state index in [0.717, 1.165) is 22.3 Å². The highest BCUT2D eigenvalue weighted by Gasteiger charge is 2.24. The van der Waals surface area contributed by atoms with Gasteiger partial charge in [-0.2, -0.15) is 0 Å². The maximum atomic E-state index is 13.4. The molecule has 4 heteroatoms. The molecule has 4 nitrogen and oxygen atoms in total. The SMILES string of the molecule is Cc1ccc(C)c(C(CCC(=O)[O-])C(=O)c2cccc(OCc3ccccc3)c2)c1. The number of Topliss-reactive ketones (excluding diaryl/α,β-unsaturated/α-hetero) is 1. The van der Waals surface area contributed by atoms with Gasteiger partial charge < -0.3 is 14.6 Å². The van der Waals surface area contributed by atoms with Crippen molar-refractivity contribution < 1.29 is 19.4 Å². The Morgan fingerprint density at radius 1 is 0.933 bits per heavy atom. The number of aryl methyl sites for hydroxylation is 2. The number of carboxylic acid groups (broad SMARTS) is 1. The van der Waals surface area contributed by atoms with E-state index in [2.05, 4.69) is 0 Å². The number of ketones is 1. The summed E-state index contributed by atoms with van der Waals surface area (Å²) in [5.41, 5.74) is 4.40. The van der Waals surface area contributed by atoms with Crippen molar-refractivity contribution in [2.75, 3.05) is 0 Å². The van der Waals surface area contributed by atoms with Crippen molar-refractivity contribution in [3.8, 4) is 5.75 Å². The van der Waals surface area contributed by atoms with Gasteiger partial charge in [-0.15, -0.1) is 0 Å². The number of aliphatic carboxylic acids is 1. The second-order valence-corrected chi connectivity index (χ2v) is 7.49. The molecule has 3 aromatic carbocycles. The van der Waals surface area contributed by atoms with E-state index in [1.54, 1.807) is 18.2 Å². The van der Waals surface area contributed by atoms with Crippen molar-refractivity contribution in [1.82, 2.24) is 0 Å². The molecule has 0 saturated carbocycles. The van der Waals surface area contributed by atoms with Crippen molar-refractivity contribution in [3.63, 3.8) is 0 Å². The Bertz CT molecular complexity index is 1020. The Morgan fingerprint density at radius 2 is 1.70 bits per heavy atom. The predicted octanol–water partition coefficient (Wildman–Crippen LogP) is 4.38. The number of carbonyl (C=O) groups is 2. The van der Waals surface area contributed by atoms with Crippen LogP contribution in [0.3, 0.4) is 0 Å². The normalized spacial score (nSPS) is 11.7. The summed E-state index contributed by atoms with van der Waals surface area (Å²) in [6, 6.07) is 22.8. The Labute approximate surface area is 177 Å². The van der Waals surface area contributed by atoms with Crippen LogP contribution in [0.2, 0.25) is 0 Å². The van der Waals surface area contributed by atoms with Gasteiger partial charge in [-0.05, 0) is 55.5 Å². The quantitative estimate of drug-likeness (QED) is 0.499. The molecule has 0 radical (unpaired) electrons. The zero-order valence-electron chi connectivity index (χ0n) is 17.3. The molecule has 0 saturated heterocycles. The summed E-state index contributed by atoms with van der Waals surface area (Å²) in [4.78, 5) is 24.5. The fourth-order valence-corrected chi connectivity index (χ4v) is 3.51. The van der Waals surface area contributed by atoms with Gasteiger partial charge >= 0.3 is 0 Å². The predicted molar refractivity (Wildman–Crippen MR) is 114 cm³/mol. The zero-order valence-corrected chi connectivity index (χ0v) is 17.3. The summed E-state index contributed by atoms with van der Waals surface area (Å²) < 4.78 is 5.85. The molecule has 0 aromatic heterocycles. The van der Waals surface area contributed by atoms with Crippen LogP contribution in [-0.4, -0.2) is 11.8 Å². The van der Waals surface area contributed by atoms with Crippen molar-refractivity contribution in [2.45, 2.75) is 39.2 Å². The Balaban J connectivity index is 1.84. The summed E-state index contributed by atoms with van der Waals surface area (Å²) in [6.45, 7) is 4.30. The largest absolute Gasteiger partial charge is 0.550 e. The van der Waals surface area contributed by atoms with Gasteiger partial charge in [0.15, 0.2) is 5.78 Å². The van der Waals surface area contributed by atoms with Crippen LogP contribution in [0.1, 0.15) is 51.4 Å². The molecule has 3 rings (SSSR count). The van der Waals surface area contributed by atoms with Crippen LogP contribution in [-0.2, 0) is 11.4 Å². The highest BCUT2D eigenvalue weighted by molar-refractivity contribution is 6.01. The van der Waals surface area contributed by atoms with Crippen molar-refractivity contribution in [2.24, 2.45) is 0 Å². The van der Waals surface area contributed by atoms with Crippen molar-refractivity contribution in [1.29, 1.82) is 0 Å². The maximum Gasteiger partial charge on any atom is 0.170 e. The molecule has 1 unspecified atom stereocenters. The molecule has 30 heavy (non-hydrogen) atoms. The highest BCUT2D eigenvalue weighted by Crippen LogP contribution is 2.30. The molecule has 0 amide bonds. The average molecular weight is 401 g/mol. The Hall–Kier alpha value is -3.40. The van der Waals surface area contributed by atoms with Crippen LogP contribution in [0.5, 0.6) is 5.75 Å². The number of hydrogen-bond acceptors (Lipinski definition) is 4. The molecule has 0 aliphatic heterocycles. The number of carbonyl (C=O) groups excluding carboxylic acids is 2. The van der Waals surface area contributed by atoms with E-state index < -0.39 is 11.9 Å². The first-order chi connectivity index (χ1) is 14.4. The smallest absolute Gasteiger partial charge is 0.170 e. The van der Waals surface area contributed by atoms with Gasteiger partial charge in [0.2, 0.25) is 0 Å². The third-order valence-corrected chi connectivity index (χ3v) is 5.13. The van der Waals surface area contributed by atoms with Gasteiger partial charge in [-0.1, -0.05) is 66.2 Å². The minimum Gasteiger partial charge on any atom is -0.550 e. The van der Waals surface area contributed by atoms with Gasteiger partial charge in [0.25, 0.3) is 0 Å². The molecular formula is C26H25O4-. The lowest BCUT2D eigenvalue weighted by molar-refractivity contribution is -0.305. The number of benzene rings is 3. The lowest BCUT2D eigenvalue weighted by Crippen LogP contribution is -2.24. The molecule has 0 fully saturated rings. The summed E-state index contributed by atoms with van der Waals surface area (Å²) >= 11 is 0. The van der Waals surface area contributed by atoms with E-state index in [-0.39, 0.29) is 18.6 Å². The van der Waals surface area contributed by atoms with E-state index in [4.69, 9.17) is 4.74 Å². The van der Waals surface area contributed by atoms with Crippen LogP contribution in [0, 0.1) is 13.8 Å². The van der Waals surface area contributed by atoms with Crippen LogP contribution in [0.25, 0.3) is 0 Å². The molecule has 0 heterocycles. The van der Waals surface area contributed by atoms with Crippen LogP contribution in [0.15, 0.2) is 72.8 Å². The summed E-state index contributed by atoms with van der Waals surface area (Å²) in [5.74, 6) is -1.22. The number of carboxylic acids is 1. The van der Waals surface area contributed by atoms with Gasteiger partial charge in [0.1, 0.15) is 12.4 Å². The monoisotopic (exact) mass is 401 g/mol. The fraction of sp³-hybridized carbons (Fsp3) is 0.231. The first kappa shape index (κ1) is 21.3. The van der Waals surface area contributed by atoms with Crippen LogP contribution < -0.4 is 9.84 Å². The third-order valence-electron chi connectivity index (χ3n) is 5.13. The van der Waals surface area contributed by atoms with Gasteiger partial charge in [-0.25, -0.2) is 0 Å². The zero-order chi connectivity index (χ0) is 21.5. The topological polar surface area (TPSA) is 66.4 Å². The standard InChI is InChI=1S/C26H26O4/c1-18-11-12-19(2)24(15-18)23(13-14-25(27)28)26(29)21-9-6-10-22(16-21)30-17-20-7-4-3-5-8-20/h3-12,15-16,23H,13-14,17H2,1-2H3,(H,27,28)/p-1. The Morgan fingerprint density at radius 3 is 2.43 bits per heavy atom. The lowest BCUT2D eigenvalue weighted by Gasteiger charge is -2.20. The van der Waals surface area contributed by atoms with E-state index in [1.165, 1.54) is 0 Å². The molecule has 0 spiro atoms. The summed E-state index contributed by atoms with van der Waals surface area (Å²) in [6.07, 6.45) is 0.0224. The average Bonchev–Trinajstić information content (AvgIpc) is 2.75. The molecule has 154 valence electrons. The maximum absolute atomic E-state index is 13.4. The molecule has 0 N–H and O–H groups in total. The van der Waals surface area contributed by atoms with Crippen LogP contribution in [0.4, 0.5) is 0 Å². The van der Waals surface area contributed by atoms with Gasteiger partial charge in [0, 0.05) is 17.5 Å². The molecule has 3 aromatic rings. The first-order valence-corrected chi connectivity index (χ1v) is 10.0.